The Balaban J connectivity index is 0.000000128. The van der Waals surface area contributed by atoms with Gasteiger partial charge in [-0.3, -0.25) is 0 Å². The predicted molar refractivity (Wildman–Crippen MR) is 61.5 cm³/mol. The van der Waals surface area contributed by atoms with Crippen LogP contribution in [0.15, 0.2) is 43.1 Å². The highest BCUT2D eigenvalue weighted by Crippen LogP contribution is 2.14. The van der Waals surface area contributed by atoms with Gasteiger partial charge in [-0.25, -0.2) is 15.0 Å². The van der Waals surface area contributed by atoms with E-state index in [2.05, 4.69) is 19.9 Å². The van der Waals surface area contributed by atoms with Gasteiger partial charge in [0.25, 0.3) is 0 Å². The summed E-state index contributed by atoms with van der Waals surface area (Å²) in [4.78, 5) is 14.5. The van der Waals surface area contributed by atoms with Gasteiger partial charge in [0.1, 0.15) is 23.3 Å². The Morgan fingerprint density at radius 3 is 2.41 bits per heavy atom. The Bertz CT molecular complexity index is 561. The number of aromatic hydroxyl groups is 2. The van der Waals surface area contributed by atoms with Gasteiger partial charge in [-0.05, 0) is 12.1 Å². The van der Waals surface area contributed by atoms with Gasteiger partial charge in [0.05, 0.1) is 12.5 Å². The van der Waals surface area contributed by atoms with Crippen molar-refractivity contribution in [3.05, 3.63) is 43.1 Å². The molecule has 86 valence electrons. The molecule has 2 heterocycles. The van der Waals surface area contributed by atoms with Gasteiger partial charge in [-0.1, -0.05) is 6.07 Å². The maximum Gasteiger partial charge on any atom is 0.180 e. The Morgan fingerprint density at radius 1 is 1.06 bits per heavy atom. The van der Waals surface area contributed by atoms with Crippen LogP contribution in [0.3, 0.4) is 0 Å². The largest absolute Gasteiger partial charge is 0.508 e. The maximum absolute atomic E-state index is 8.65. The summed E-state index contributed by atoms with van der Waals surface area (Å²) in [6.45, 7) is 0. The first-order valence-corrected chi connectivity index (χ1v) is 4.83. The van der Waals surface area contributed by atoms with Crippen LogP contribution in [0, 0.1) is 0 Å². The zero-order chi connectivity index (χ0) is 12.1. The highest BCUT2D eigenvalue weighted by atomic mass is 16.3. The molecule has 2 aromatic heterocycles. The SMILES string of the molecule is Oc1cccc(O)c1.c1ncc2[nH]cnc2n1. The normalized spacial score (nSPS) is 9.65. The average Bonchev–Trinajstić information content (AvgIpc) is 2.77. The van der Waals surface area contributed by atoms with E-state index in [-0.39, 0.29) is 11.5 Å². The van der Waals surface area contributed by atoms with Crippen molar-refractivity contribution in [1.29, 1.82) is 0 Å². The van der Waals surface area contributed by atoms with Crippen molar-refractivity contribution < 1.29 is 10.2 Å². The second-order valence-electron chi connectivity index (χ2n) is 3.18. The number of benzene rings is 1. The molecule has 6 heteroatoms. The summed E-state index contributed by atoms with van der Waals surface area (Å²) in [6.07, 6.45) is 4.76. The Morgan fingerprint density at radius 2 is 1.82 bits per heavy atom. The molecule has 0 aliphatic heterocycles. The molecular formula is C11H10N4O2. The van der Waals surface area contributed by atoms with Crippen LogP contribution in [0.1, 0.15) is 0 Å². The molecule has 1 aromatic carbocycles. The number of rotatable bonds is 0. The molecule has 0 aliphatic carbocycles. The molecular weight excluding hydrogens is 220 g/mol. The fraction of sp³-hybridized carbons (Fsp3) is 0. The van der Waals surface area contributed by atoms with Crippen LogP contribution in [0.5, 0.6) is 11.5 Å². The van der Waals surface area contributed by atoms with Crippen molar-refractivity contribution in [3.8, 4) is 11.5 Å². The van der Waals surface area contributed by atoms with E-state index in [4.69, 9.17) is 10.2 Å². The summed E-state index contributed by atoms with van der Waals surface area (Å²) in [5.41, 5.74) is 1.59. The van der Waals surface area contributed by atoms with Crippen LogP contribution < -0.4 is 0 Å². The molecule has 0 bridgehead atoms. The van der Waals surface area contributed by atoms with Crippen molar-refractivity contribution in [3.63, 3.8) is 0 Å². The Hall–Kier alpha value is -2.63. The van der Waals surface area contributed by atoms with E-state index < -0.39 is 0 Å². The summed E-state index contributed by atoms with van der Waals surface area (Å²) >= 11 is 0. The minimum atomic E-state index is 0.0880. The summed E-state index contributed by atoms with van der Waals surface area (Å²) in [5, 5.41) is 17.3. The molecule has 17 heavy (non-hydrogen) atoms. The van der Waals surface area contributed by atoms with Gasteiger partial charge in [0.15, 0.2) is 5.65 Å². The molecule has 0 spiro atoms. The number of aromatic nitrogens is 4. The smallest absolute Gasteiger partial charge is 0.180 e. The van der Waals surface area contributed by atoms with E-state index in [0.717, 1.165) is 5.52 Å². The minimum absolute atomic E-state index is 0.0880. The van der Waals surface area contributed by atoms with E-state index in [1.807, 2.05) is 0 Å². The highest BCUT2D eigenvalue weighted by molar-refractivity contribution is 5.67. The first-order valence-electron chi connectivity index (χ1n) is 4.83. The van der Waals surface area contributed by atoms with Crippen LogP contribution in [-0.4, -0.2) is 30.1 Å². The zero-order valence-corrected chi connectivity index (χ0v) is 8.78. The highest BCUT2D eigenvalue weighted by Gasteiger charge is 1.91. The van der Waals surface area contributed by atoms with Gasteiger partial charge in [-0.2, -0.15) is 0 Å². The van der Waals surface area contributed by atoms with E-state index in [1.54, 1.807) is 18.6 Å². The fourth-order valence-corrected chi connectivity index (χ4v) is 1.18. The Kier molecular flexibility index (Phi) is 3.15. The molecule has 3 rings (SSSR count). The van der Waals surface area contributed by atoms with E-state index in [9.17, 15) is 0 Å². The molecule has 0 saturated carbocycles. The Labute approximate surface area is 96.6 Å². The van der Waals surface area contributed by atoms with Gasteiger partial charge in [0.2, 0.25) is 0 Å². The average molecular weight is 230 g/mol. The van der Waals surface area contributed by atoms with Crippen LogP contribution in [-0.2, 0) is 0 Å². The topological polar surface area (TPSA) is 94.9 Å². The molecule has 0 fully saturated rings. The van der Waals surface area contributed by atoms with Gasteiger partial charge < -0.3 is 15.2 Å². The zero-order valence-electron chi connectivity index (χ0n) is 8.78. The third-order valence-corrected chi connectivity index (χ3v) is 1.93. The summed E-state index contributed by atoms with van der Waals surface area (Å²) in [7, 11) is 0. The van der Waals surface area contributed by atoms with Crippen LogP contribution >= 0.6 is 0 Å². The van der Waals surface area contributed by atoms with Crippen LogP contribution in [0.2, 0.25) is 0 Å². The van der Waals surface area contributed by atoms with Crippen molar-refractivity contribution >= 4 is 11.2 Å². The monoisotopic (exact) mass is 230 g/mol. The lowest BCUT2D eigenvalue weighted by Gasteiger charge is -1.89. The van der Waals surface area contributed by atoms with Crippen LogP contribution in [0.25, 0.3) is 11.2 Å². The van der Waals surface area contributed by atoms with Crippen molar-refractivity contribution in [2.45, 2.75) is 0 Å². The molecule has 0 aliphatic rings. The molecule has 3 aromatic rings. The molecule has 0 atom stereocenters. The summed E-state index contributed by atoms with van der Waals surface area (Å²) in [6, 6.07) is 5.85. The maximum atomic E-state index is 8.65. The lowest BCUT2D eigenvalue weighted by atomic mass is 10.3. The third-order valence-electron chi connectivity index (χ3n) is 1.93. The number of nitrogens with zero attached hydrogens (tertiary/aromatic N) is 3. The molecule has 0 unspecified atom stereocenters. The summed E-state index contributed by atoms with van der Waals surface area (Å²) < 4.78 is 0. The van der Waals surface area contributed by atoms with Gasteiger partial charge >= 0.3 is 0 Å². The molecule has 0 radical (unpaired) electrons. The number of hydrogen-bond donors (Lipinski definition) is 3. The number of imidazole rings is 1. The lowest BCUT2D eigenvalue weighted by Crippen LogP contribution is -1.76. The van der Waals surface area contributed by atoms with Crippen molar-refractivity contribution in [2.75, 3.05) is 0 Å². The second kappa shape index (κ2) is 4.93. The third kappa shape index (κ3) is 2.91. The van der Waals surface area contributed by atoms with E-state index in [0.29, 0.717) is 5.65 Å². The van der Waals surface area contributed by atoms with Gasteiger partial charge in [0, 0.05) is 6.07 Å². The quantitative estimate of drug-likeness (QED) is 0.543. The number of phenolic OH excluding ortho intramolecular Hbond substituents is 2. The molecule has 0 amide bonds. The van der Waals surface area contributed by atoms with Crippen molar-refractivity contribution in [2.24, 2.45) is 0 Å². The first kappa shape index (κ1) is 10.9. The number of H-pyrrole nitrogens is 1. The predicted octanol–water partition coefficient (Wildman–Crippen LogP) is 1.45. The number of phenols is 2. The fourth-order valence-electron chi connectivity index (χ4n) is 1.18. The number of fused-ring (bicyclic) bond motifs is 1. The first-order chi connectivity index (χ1) is 8.25. The second-order valence-corrected chi connectivity index (χ2v) is 3.18. The van der Waals surface area contributed by atoms with E-state index in [1.165, 1.54) is 24.5 Å². The molecule has 6 nitrogen and oxygen atoms in total. The molecule has 3 N–H and O–H groups in total. The molecule has 0 saturated heterocycles. The number of nitrogens with one attached hydrogen (secondary N) is 1. The number of hydrogen-bond acceptors (Lipinski definition) is 5. The standard InChI is InChI=1S/C6H6O2.C5H4N4/c7-5-2-1-3-6(8)4-5;1-4-5(8-2-6-1)9-3-7-4/h1-4,7-8H;1-3H,(H,6,7,8,9). The van der Waals surface area contributed by atoms with Crippen LogP contribution in [0.4, 0.5) is 0 Å². The number of aromatic amines is 1. The summed E-state index contributed by atoms with van der Waals surface area (Å²) in [5.74, 6) is 0.176. The minimum Gasteiger partial charge on any atom is -0.508 e. The van der Waals surface area contributed by atoms with Gasteiger partial charge in [-0.15, -0.1) is 0 Å². The lowest BCUT2D eigenvalue weighted by molar-refractivity contribution is 0.450. The van der Waals surface area contributed by atoms with Crippen molar-refractivity contribution in [1.82, 2.24) is 19.9 Å². The van der Waals surface area contributed by atoms with E-state index >= 15 is 0 Å².